The van der Waals surface area contributed by atoms with Crippen molar-refractivity contribution in [3.63, 3.8) is 0 Å². The molecule has 3 rings (SSSR count). The van der Waals surface area contributed by atoms with E-state index in [1.165, 1.54) is 0 Å². The molecule has 0 unspecified atom stereocenters. The maximum atomic E-state index is 12.4. The van der Waals surface area contributed by atoms with Gasteiger partial charge in [-0.15, -0.1) is 0 Å². The van der Waals surface area contributed by atoms with Crippen LogP contribution in [0.4, 0.5) is 5.69 Å². The number of amides is 1. The molecule has 0 radical (unpaired) electrons. The molecular weight excluding hydrogens is 248 g/mol. The Balaban J connectivity index is 1.97. The van der Waals surface area contributed by atoms with E-state index >= 15 is 0 Å². The van der Waals surface area contributed by atoms with Crippen molar-refractivity contribution in [1.29, 1.82) is 0 Å². The third-order valence-corrected chi connectivity index (χ3v) is 3.15. The van der Waals surface area contributed by atoms with Crippen molar-refractivity contribution < 1.29 is 4.79 Å². The lowest BCUT2D eigenvalue weighted by atomic mass is 10.1. The van der Waals surface area contributed by atoms with Gasteiger partial charge in [-0.05, 0) is 36.8 Å². The minimum atomic E-state index is -0.139. The van der Waals surface area contributed by atoms with Gasteiger partial charge in [-0.1, -0.05) is 30.3 Å². The second-order valence-corrected chi connectivity index (χ2v) is 4.70. The summed E-state index contributed by atoms with van der Waals surface area (Å²) in [5, 5.41) is 3.87. The van der Waals surface area contributed by atoms with Gasteiger partial charge in [0.15, 0.2) is 0 Å². The van der Waals surface area contributed by atoms with Crippen molar-refractivity contribution in [2.75, 3.05) is 5.32 Å². The lowest BCUT2D eigenvalue weighted by Gasteiger charge is -2.08. The number of hydrogen-bond donors (Lipinski definition) is 1. The van der Waals surface area contributed by atoms with Crippen LogP contribution in [0.5, 0.6) is 0 Å². The Morgan fingerprint density at radius 3 is 2.70 bits per heavy atom. The summed E-state index contributed by atoms with van der Waals surface area (Å²) in [4.78, 5) is 16.7. The van der Waals surface area contributed by atoms with Crippen molar-refractivity contribution in [3.05, 3.63) is 71.9 Å². The molecule has 0 aliphatic heterocycles. The summed E-state index contributed by atoms with van der Waals surface area (Å²) < 4.78 is 0. The van der Waals surface area contributed by atoms with Gasteiger partial charge in [0.2, 0.25) is 0 Å². The third kappa shape index (κ3) is 2.38. The van der Waals surface area contributed by atoms with Crippen molar-refractivity contribution >= 4 is 22.5 Å². The quantitative estimate of drug-likeness (QED) is 0.763. The molecule has 1 N–H and O–H groups in total. The van der Waals surface area contributed by atoms with E-state index in [9.17, 15) is 4.79 Å². The maximum Gasteiger partial charge on any atom is 0.257 e. The first kappa shape index (κ1) is 12.4. The smallest absolute Gasteiger partial charge is 0.257 e. The van der Waals surface area contributed by atoms with Gasteiger partial charge >= 0.3 is 0 Å². The largest absolute Gasteiger partial charge is 0.322 e. The number of nitrogens with one attached hydrogen (secondary N) is 1. The van der Waals surface area contributed by atoms with Crippen molar-refractivity contribution in [3.8, 4) is 0 Å². The molecule has 98 valence electrons. The molecule has 1 amide bonds. The summed E-state index contributed by atoms with van der Waals surface area (Å²) in [6, 6.07) is 17.2. The molecule has 0 bridgehead atoms. The van der Waals surface area contributed by atoms with Gasteiger partial charge in [-0.3, -0.25) is 9.78 Å². The van der Waals surface area contributed by atoms with Crippen LogP contribution in [0.2, 0.25) is 0 Å². The first-order valence-corrected chi connectivity index (χ1v) is 6.46. The molecule has 3 aromatic rings. The number of anilines is 1. The van der Waals surface area contributed by atoms with E-state index in [0.29, 0.717) is 5.56 Å². The molecule has 0 atom stereocenters. The minimum Gasteiger partial charge on any atom is -0.322 e. The zero-order valence-electron chi connectivity index (χ0n) is 11.1. The summed E-state index contributed by atoms with van der Waals surface area (Å²) in [6.07, 6.45) is 1.70. The van der Waals surface area contributed by atoms with Gasteiger partial charge in [-0.2, -0.15) is 0 Å². The van der Waals surface area contributed by atoms with Crippen LogP contribution in [0.3, 0.4) is 0 Å². The van der Waals surface area contributed by atoms with E-state index in [0.717, 1.165) is 22.2 Å². The van der Waals surface area contributed by atoms with Gasteiger partial charge in [0.05, 0.1) is 11.1 Å². The average Bonchev–Trinajstić information content (AvgIpc) is 2.46. The summed E-state index contributed by atoms with van der Waals surface area (Å²) >= 11 is 0. The second-order valence-electron chi connectivity index (χ2n) is 4.70. The standard InChI is InChI=1S/C17H14N2O/c1-12-5-2-8-14(11-12)19-17(20)15-9-3-6-13-7-4-10-18-16(13)15/h2-11H,1H3,(H,19,20). The average molecular weight is 262 g/mol. The monoisotopic (exact) mass is 262 g/mol. The molecule has 0 aliphatic rings. The summed E-state index contributed by atoms with van der Waals surface area (Å²) in [5.41, 5.74) is 3.21. The maximum absolute atomic E-state index is 12.4. The molecule has 2 aromatic carbocycles. The van der Waals surface area contributed by atoms with Crippen LogP contribution in [-0.4, -0.2) is 10.9 Å². The van der Waals surface area contributed by atoms with E-state index in [4.69, 9.17) is 0 Å². The fraction of sp³-hybridized carbons (Fsp3) is 0.0588. The Morgan fingerprint density at radius 2 is 1.85 bits per heavy atom. The number of fused-ring (bicyclic) bond motifs is 1. The third-order valence-electron chi connectivity index (χ3n) is 3.15. The van der Waals surface area contributed by atoms with E-state index in [1.54, 1.807) is 12.3 Å². The Labute approximate surface area is 117 Å². The van der Waals surface area contributed by atoms with E-state index < -0.39 is 0 Å². The zero-order valence-corrected chi connectivity index (χ0v) is 11.1. The Bertz CT molecular complexity index is 775. The molecule has 1 aromatic heterocycles. The second kappa shape index (κ2) is 5.13. The van der Waals surface area contributed by atoms with E-state index in [1.807, 2.05) is 55.5 Å². The first-order valence-electron chi connectivity index (χ1n) is 6.46. The molecule has 0 fully saturated rings. The predicted molar refractivity (Wildman–Crippen MR) is 80.9 cm³/mol. The van der Waals surface area contributed by atoms with Crippen molar-refractivity contribution in [2.24, 2.45) is 0 Å². The lowest BCUT2D eigenvalue weighted by Crippen LogP contribution is -2.12. The number of hydrogen-bond acceptors (Lipinski definition) is 2. The van der Waals surface area contributed by atoms with Gasteiger partial charge in [-0.25, -0.2) is 0 Å². The zero-order chi connectivity index (χ0) is 13.9. The number of nitrogens with zero attached hydrogens (tertiary/aromatic N) is 1. The highest BCUT2D eigenvalue weighted by Gasteiger charge is 2.10. The number of aryl methyl sites for hydroxylation is 1. The Hall–Kier alpha value is -2.68. The van der Waals surface area contributed by atoms with Crippen molar-refractivity contribution in [1.82, 2.24) is 4.98 Å². The molecule has 0 saturated carbocycles. The Kier molecular flexibility index (Phi) is 3.17. The fourth-order valence-electron chi connectivity index (χ4n) is 2.21. The predicted octanol–water partition coefficient (Wildman–Crippen LogP) is 3.80. The SMILES string of the molecule is Cc1cccc(NC(=O)c2cccc3cccnc23)c1. The van der Waals surface area contributed by atoms with Gasteiger partial charge in [0.1, 0.15) is 0 Å². The number of rotatable bonds is 2. The van der Waals surface area contributed by atoms with Gasteiger partial charge in [0.25, 0.3) is 5.91 Å². The number of pyridine rings is 1. The number of carbonyl (C=O) groups is 1. The number of aromatic nitrogens is 1. The topological polar surface area (TPSA) is 42.0 Å². The fourth-order valence-corrected chi connectivity index (χ4v) is 2.21. The molecule has 0 spiro atoms. The van der Waals surface area contributed by atoms with Crippen LogP contribution in [0.1, 0.15) is 15.9 Å². The Morgan fingerprint density at radius 1 is 1.05 bits per heavy atom. The number of carbonyl (C=O) groups excluding carboxylic acids is 1. The molecule has 3 nitrogen and oxygen atoms in total. The first-order chi connectivity index (χ1) is 9.74. The van der Waals surface area contributed by atoms with Crippen LogP contribution in [0.15, 0.2) is 60.8 Å². The van der Waals surface area contributed by atoms with Crippen LogP contribution in [0, 0.1) is 6.92 Å². The minimum absolute atomic E-state index is 0.139. The van der Waals surface area contributed by atoms with E-state index in [-0.39, 0.29) is 5.91 Å². The van der Waals surface area contributed by atoms with Crippen LogP contribution < -0.4 is 5.32 Å². The summed E-state index contributed by atoms with van der Waals surface area (Å²) in [5.74, 6) is -0.139. The molecule has 0 saturated heterocycles. The molecular formula is C17H14N2O. The highest BCUT2D eigenvalue weighted by molar-refractivity contribution is 6.11. The summed E-state index contributed by atoms with van der Waals surface area (Å²) in [6.45, 7) is 2.00. The van der Waals surface area contributed by atoms with Crippen molar-refractivity contribution in [2.45, 2.75) is 6.92 Å². The molecule has 20 heavy (non-hydrogen) atoms. The summed E-state index contributed by atoms with van der Waals surface area (Å²) in [7, 11) is 0. The van der Waals surface area contributed by atoms with Crippen LogP contribution in [-0.2, 0) is 0 Å². The lowest BCUT2D eigenvalue weighted by molar-refractivity contribution is 0.102. The molecule has 3 heteroatoms. The van der Waals surface area contributed by atoms with Gasteiger partial charge in [0, 0.05) is 17.3 Å². The highest BCUT2D eigenvalue weighted by atomic mass is 16.1. The molecule has 1 heterocycles. The normalized spacial score (nSPS) is 10.4. The number of para-hydroxylation sites is 1. The van der Waals surface area contributed by atoms with Crippen LogP contribution in [0.25, 0.3) is 10.9 Å². The van der Waals surface area contributed by atoms with E-state index in [2.05, 4.69) is 10.3 Å². The molecule has 0 aliphatic carbocycles. The number of benzene rings is 2. The van der Waals surface area contributed by atoms with Gasteiger partial charge < -0.3 is 5.32 Å². The highest BCUT2D eigenvalue weighted by Crippen LogP contribution is 2.18. The van der Waals surface area contributed by atoms with Crippen LogP contribution >= 0.6 is 0 Å².